The average Bonchev–Trinajstić information content (AvgIpc) is 2.66. The molecular formula is C19H15N3O4. The Morgan fingerprint density at radius 1 is 1.04 bits per heavy atom. The number of amidine groups is 1. The quantitative estimate of drug-likeness (QED) is 0.250. The Morgan fingerprint density at radius 2 is 1.73 bits per heavy atom. The molecular weight excluding hydrogens is 334 g/mol. The van der Waals surface area contributed by atoms with Gasteiger partial charge in [-0.1, -0.05) is 47.6 Å². The van der Waals surface area contributed by atoms with Gasteiger partial charge in [-0.3, -0.25) is 10.1 Å². The first-order valence-corrected chi connectivity index (χ1v) is 7.79. The van der Waals surface area contributed by atoms with E-state index in [4.69, 9.17) is 10.6 Å². The first kappa shape index (κ1) is 17.1. The van der Waals surface area contributed by atoms with Crippen molar-refractivity contribution in [1.29, 1.82) is 0 Å². The van der Waals surface area contributed by atoms with Crippen LogP contribution in [0.1, 0.15) is 15.9 Å². The van der Waals surface area contributed by atoms with Crippen molar-refractivity contribution in [2.24, 2.45) is 10.9 Å². The van der Waals surface area contributed by atoms with Gasteiger partial charge in [0.05, 0.1) is 10.5 Å². The van der Waals surface area contributed by atoms with Gasteiger partial charge in [-0.2, -0.15) is 0 Å². The number of benzene rings is 3. The van der Waals surface area contributed by atoms with Crippen molar-refractivity contribution in [1.82, 2.24) is 0 Å². The van der Waals surface area contributed by atoms with E-state index in [0.717, 1.165) is 16.3 Å². The Bertz CT molecular complexity index is 992. The van der Waals surface area contributed by atoms with Crippen molar-refractivity contribution in [3.8, 4) is 0 Å². The third-order valence-corrected chi connectivity index (χ3v) is 3.81. The Balaban J connectivity index is 1.69. The van der Waals surface area contributed by atoms with Gasteiger partial charge in [0.15, 0.2) is 0 Å². The molecule has 0 amide bonds. The molecule has 0 radical (unpaired) electrons. The number of nitrogens with zero attached hydrogens (tertiary/aromatic N) is 2. The number of nitrogens with two attached hydrogens (primary N) is 1. The van der Waals surface area contributed by atoms with Crippen LogP contribution in [0.15, 0.2) is 71.9 Å². The number of non-ortho nitro benzene ring substituents is 1. The van der Waals surface area contributed by atoms with E-state index in [2.05, 4.69) is 5.16 Å². The van der Waals surface area contributed by atoms with E-state index in [9.17, 15) is 14.9 Å². The van der Waals surface area contributed by atoms with Crippen LogP contribution in [-0.4, -0.2) is 16.7 Å². The summed E-state index contributed by atoms with van der Waals surface area (Å²) in [6.07, 6.45) is 0.328. The Kier molecular flexibility index (Phi) is 4.89. The standard InChI is InChI=1S/C19H15N3O4/c20-18(12-15-6-3-5-13-4-1-2-7-17(13)15)21-26-19(23)14-8-10-16(11-9-14)22(24)25/h1-11H,12H2,(H2,20,21). The van der Waals surface area contributed by atoms with Gasteiger partial charge in [-0.05, 0) is 28.5 Å². The number of nitro groups is 1. The summed E-state index contributed by atoms with van der Waals surface area (Å²) in [7, 11) is 0. The maximum absolute atomic E-state index is 11.9. The highest BCUT2D eigenvalue weighted by Crippen LogP contribution is 2.19. The van der Waals surface area contributed by atoms with Crippen LogP contribution >= 0.6 is 0 Å². The molecule has 0 bridgehead atoms. The van der Waals surface area contributed by atoms with Gasteiger partial charge >= 0.3 is 5.97 Å². The molecule has 26 heavy (non-hydrogen) atoms. The molecule has 0 spiro atoms. The van der Waals surface area contributed by atoms with Crippen molar-refractivity contribution >= 4 is 28.3 Å². The van der Waals surface area contributed by atoms with Gasteiger partial charge in [0, 0.05) is 18.6 Å². The van der Waals surface area contributed by atoms with Crippen LogP contribution in [0.5, 0.6) is 0 Å². The highest BCUT2D eigenvalue weighted by atomic mass is 16.7. The molecule has 3 aromatic carbocycles. The number of hydrogen-bond acceptors (Lipinski definition) is 5. The molecule has 0 aliphatic carbocycles. The predicted octanol–water partition coefficient (Wildman–Crippen LogP) is 3.42. The molecule has 0 aliphatic rings. The molecule has 0 aliphatic heterocycles. The third kappa shape index (κ3) is 3.84. The van der Waals surface area contributed by atoms with E-state index in [1.165, 1.54) is 24.3 Å². The zero-order valence-corrected chi connectivity index (χ0v) is 13.7. The molecule has 130 valence electrons. The summed E-state index contributed by atoms with van der Waals surface area (Å²) in [6.45, 7) is 0. The van der Waals surface area contributed by atoms with E-state index in [1.807, 2.05) is 42.5 Å². The van der Waals surface area contributed by atoms with Gasteiger partial charge in [-0.15, -0.1) is 0 Å². The second-order valence-electron chi connectivity index (χ2n) is 5.58. The molecule has 7 nitrogen and oxygen atoms in total. The lowest BCUT2D eigenvalue weighted by Gasteiger charge is -2.06. The van der Waals surface area contributed by atoms with Gasteiger partial charge in [0.1, 0.15) is 5.84 Å². The van der Waals surface area contributed by atoms with E-state index in [0.29, 0.717) is 6.42 Å². The number of fused-ring (bicyclic) bond motifs is 1. The minimum absolute atomic E-state index is 0.111. The fourth-order valence-electron chi connectivity index (χ4n) is 2.55. The second-order valence-corrected chi connectivity index (χ2v) is 5.58. The van der Waals surface area contributed by atoms with Crippen LogP contribution < -0.4 is 5.73 Å². The van der Waals surface area contributed by atoms with Gasteiger partial charge in [0.25, 0.3) is 5.69 Å². The van der Waals surface area contributed by atoms with Crippen molar-refractivity contribution in [2.45, 2.75) is 6.42 Å². The molecule has 2 N–H and O–H groups in total. The summed E-state index contributed by atoms with van der Waals surface area (Å²) >= 11 is 0. The zero-order valence-electron chi connectivity index (χ0n) is 13.7. The van der Waals surface area contributed by atoms with E-state index in [1.54, 1.807) is 0 Å². The van der Waals surface area contributed by atoms with Crippen LogP contribution in [0, 0.1) is 10.1 Å². The first-order chi connectivity index (χ1) is 12.5. The number of carbonyl (C=O) groups excluding carboxylic acids is 1. The predicted molar refractivity (Wildman–Crippen MR) is 97.8 cm³/mol. The minimum atomic E-state index is -0.735. The molecule has 0 unspecified atom stereocenters. The number of oxime groups is 1. The maximum atomic E-state index is 11.9. The van der Waals surface area contributed by atoms with Gasteiger partial charge < -0.3 is 10.6 Å². The Morgan fingerprint density at radius 3 is 2.46 bits per heavy atom. The summed E-state index contributed by atoms with van der Waals surface area (Å²) in [5, 5.41) is 16.4. The fourth-order valence-corrected chi connectivity index (χ4v) is 2.55. The van der Waals surface area contributed by atoms with Crippen molar-refractivity contribution in [3.63, 3.8) is 0 Å². The topological polar surface area (TPSA) is 108 Å². The van der Waals surface area contributed by atoms with Crippen LogP contribution in [0.4, 0.5) is 5.69 Å². The third-order valence-electron chi connectivity index (χ3n) is 3.81. The SMILES string of the molecule is N/C(Cc1cccc2ccccc12)=N\OC(=O)c1ccc([N+](=O)[O-])cc1. The van der Waals surface area contributed by atoms with E-state index < -0.39 is 10.9 Å². The number of nitro benzene ring substituents is 1. The van der Waals surface area contributed by atoms with Crippen LogP contribution in [0.25, 0.3) is 10.8 Å². The molecule has 3 aromatic rings. The zero-order chi connectivity index (χ0) is 18.5. The summed E-state index contributed by atoms with van der Waals surface area (Å²) in [5.74, 6) is -0.586. The molecule has 0 heterocycles. The van der Waals surface area contributed by atoms with Crippen molar-refractivity contribution in [3.05, 3.63) is 88.0 Å². The van der Waals surface area contributed by atoms with E-state index in [-0.39, 0.29) is 17.1 Å². The summed E-state index contributed by atoms with van der Waals surface area (Å²) in [6, 6.07) is 18.8. The minimum Gasteiger partial charge on any atom is -0.384 e. The number of hydrogen-bond donors (Lipinski definition) is 1. The molecule has 3 rings (SSSR count). The van der Waals surface area contributed by atoms with Gasteiger partial charge in [0.2, 0.25) is 0 Å². The van der Waals surface area contributed by atoms with Crippen molar-refractivity contribution < 1.29 is 14.6 Å². The monoisotopic (exact) mass is 349 g/mol. The molecule has 7 heteroatoms. The lowest BCUT2D eigenvalue weighted by atomic mass is 10.0. The summed E-state index contributed by atoms with van der Waals surface area (Å²) < 4.78 is 0. The lowest BCUT2D eigenvalue weighted by Crippen LogP contribution is -2.17. The molecule has 0 saturated heterocycles. The average molecular weight is 349 g/mol. The van der Waals surface area contributed by atoms with E-state index >= 15 is 0 Å². The fraction of sp³-hybridized carbons (Fsp3) is 0.0526. The lowest BCUT2D eigenvalue weighted by molar-refractivity contribution is -0.384. The normalized spacial score (nSPS) is 11.3. The summed E-state index contributed by atoms with van der Waals surface area (Å²) in [5.41, 5.74) is 6.88. The number of carbonyl (C=O) groups is 1. The molecule has 0 fully saturated rings. The summed E-state index contributed by atoms with van der Waals surface area (Å²) in [4.78, 5) is 26.8. The van der Waals surface area contributed by atoms with Crippen LogP contribution in [0.3, 0.4) is 0 Å². The van der Waals surface area contributed by atoms with Crippen LogP contribution in [0.2, 0.25) is 0 Å². The highest BCUT2D eigenvalue weighted by molar-refractivity contribution is 5.93. The Hall–Kier alpha value is -3.74. The second kappa shape index (κ2) is 7.43. The van der Waals surface area contributed by atoms with Gasteiger partial charge in [-0.25, -0.2) is 4.79 Å². The largest absolute Gasteiger partial charge is 0.384 e. The van der Waals surface area contributed by atoms with Crippen molar-refractivity contribution in [2.75, 3.05) is 0 Å². The maximum Gasteiger partial charge on any atom is 0.365 e. The van der Waals surface area contributed by atoms with Crippen LogP contribution in [-0.2, 0) is 11.3 Å². The molecule has 0 saturated carbocycles. The number of rotatable bonds is 5. The Labute approximate surface area is 148 Å². The highest BCUT2D eigenvalue weighted by Gasteiger charge is 2.11. The smallest absolute Gasteiger partial charge is 0.365 e. The molecule has 0 aromatic heterocycles. The molecule has 0 atom stereocenters. The first-order valence-electron chi connectivity index (χ1n) is 7.79.